The smallest absolute Gasteiger partial charge is 0.0637 e. The molecule has 0 spiro atoms. The molecule has 1 aromatic carbocycles. The van der Waals surface area contributed by atoms with Crippen LogP contribution in [-0.4, -0.2) is 17.0 Å². The molecule has 0 saturated carbocycles. The number of hydrogen-bond acceptors (Lipinski definition) is 2. The van der Waals surface area contributed by atoms with Crippen LogP contribution in [0.5, 0.6) is 0 Å². The maximum Gasteiger partial charge on any atom is 0.0637 e. The zero-order valence-corrected chi connectivity index (χ0v) is 9.96. The Morgan fingerprint density at radius 1 is 1.40 bits per heavy atom. The van der Waals surface area contributed by atoms with Gasteiger partial charge in [0.1, 0.15) is 0 Å². The van der Waals surface area contributed by atoms with Gasteiger partial charge in [-0.3, -0.25) is 0 Å². The summed E-state index contributed by atoms with van der Waals surface area (Å²) in [6.07, 6.45) is 1.50. The summed E-state index contributed by atoms with van der Waals surface area (Å²) >= 11 is 1.70. The van der Waals surface area contributed by atoms with Gasteiger partial charge >= 0.3 is 0 Å². The molecule has 1 atom stereocenters. The van der Waals surface area contributed by atoms with Gasteiger partial charge in [0.05, 0.1) is 6.10 Å². The Morgan fingerprint density at radius 2 is 2.07 bits per heavy atom. The van der Waals surface area contributed by atoms with Gasteiger partial charge in [0.25, 0.3) is 0 Å². The van der Waals surface area contributed by atoms with E-state index in [1.54, 1.807) is 11.8 Å². The van der Waals surface area contributed by atoms with Crippen LogP contribution in [0.15, 0.2) is 47.4 Å². The SMILES string of the molecule is C=C(C)CCC(O)CSc1ccccc1. The molecular weight excluding hydrogens is 204 g/mol. The zero-order valence-electron chi connectivity index (χ0n) is 9.15. The molecular formula is C13H18OS. The first kappa shape index (κ1) is 12.3. The van der Waals surface area contributed by atoms with Crippen molar-refractivity contribution in [2.45, 2.75) is 30.8 Å². The van der Waals surface area contributed by atoms with Gasteiger partial charge in [-0.2, -0.15) is 0 Å². The second kappa shape index (κ2) is 6.70. The maximum atomic E-state index is 9.70. The molecule has 1 unspecified atom stereocenters. The number of rotatable bonds is 6. The van der Waals surface area contributed by atoms with Gasteiger partial charge in [0.15, 0.2) is 0 Å². The van der Waals surface area contributed by atoms with E-state index in [0.717, 1.165) is 24.2 Å². The second-order valence-electron chi connectivity index (χ2n) is 3.77. The predicted octanol–water partition coefficient (Wildman–Crippen LogP) is 3.50. The number of allylic oxidation sites excluding steroid dienone is 1. The van der Waals surface area contributed by atoms with E-state index in [4.69, 9.17) is 0 Å². The van der Waals surface area contributed by atoms with Crippen molar-refractivity contribution in [1.29, 1.82) is 0 Å². The van der Waals surface area contributed by atoms with Crippen LogP contribution in [0.2, 0.25) is 0 Å². The summed E-state index contributed by atoms with van der Waals surface area (Å²) in [5, 5.41) is 9.70. The molecule has 1 aromatic rings. The van der Waals surface area contributed by atoms with E-state index in [0.29, 0.717) is 0 Å². The highest BCUT2D eigenvalue weighted by molar-refractivity contribution is 7.99. The highest BCUT2D eigenvalue weighted by Gasteiger charge is 2.04. The minimum atomic E-state index is -0.230. The lowest BCUT2D eigenvalue weighted by molar-refractivity contribution is 0.189. The fourth-order valence-corrected chi connectivity index (χ4v) is 2.11. The number of aliphatic hydroxyl groups excluding tert-OH is 1. The normalized spacial score (nSPS) is 12.4. The van der Waals surface area contributed by atoms with Crippen molar-refractivity contribution < 1.29 is 5.11 Å². The van der Waals surface area contributed by atoms with Gasteiger partial charge in [0.2, 0.25) is 0 Å². The summed E-state index contributed by atoms with van der Waals surface area (Å²) in [6, 6.07) is 10.2. The molecule has 1 rings (SSSR count). The Bertz CT molecular complexity index is 295. The van der Waals surface area contributed by atoms with Gasteiger partial charge in [0, 0.05) is 10.6 Å². The highest BCUT2D eigenvalue weighted by atomic mass is 32.2. The van der Waals surface area contributed by atoms with Crippen molar-refractivity contribution in [1.82, 2.24) is 0 Å². The number of aliphatic hydroxyl groups is 1. The molecule has 15 heavy (non-hydrogen) atoms. The average Bonchev–Trinajstić information content (AvgIpc) is 2.25. The van der Waals surface area contributed by atoms with Crippen LogP contribution >= 0.6 is 11.8 Å². The van der Waals surface area contributed by atoms with E-state index >= 15 is 0 Å². The van der Waals surface area contributed by atoms with E-state index in [2.05, 4.69) is 18.7 Å². The Balaban J connectivity index is 2.22. The van der Waals surface area contributed by atoms with Gasteiger partial charge in [-0.15, -0.1) is 18.3 Å². The zero-order chi connectivity index (χ0) is 11.1. The van der Waals surface area contributed by atoms with Crippen molar-refractivity contribution in [2.24, 2.45) is 0 Å². The Morgan fingerprint density at radius 3 is 2.67 bits per heavy atom. The van der Waals surface area contributed by atoms with Gasteiger partial charge in [-0.05, 0) is 31.9 Å². The minimum Gasteiger partial charge on any atom is -0.392 e. The van der Waals surface area contributed by atoms with Crippen LogP contribution in [0, 0.1) is 0 Å². The van der Waals surface area contributed by atoms with Crippen LogP contribution in [0.4, 0.5) is 0 Å². The van der Waals surface area contributed by atoms with Crippen molar-refractivity contribution in [2.75, 3.05) is 5.75 Å². The lowest BCUT2D eigenvalue weighted by Crippen LogP contribution is -2.09. The number of thioether (sulfide) groups is 1. The number of hydrogen-bond donors (Lipinski definition) is 1. The molecule has 0 aromatic heterocycles. The third-order valence-electron chi connectivity index (χ3n) is 2.09. The standard InChI is InChI=1S/C13H18OS/c1-11(2)8-9-12(14)10-15-13-6-4-3-5-7-13/h3-7,12,14H,1,8-10H2,2H3. The van der Waals surface area contributed by atoms with E-state index in [1.165, 1.54) is 4.90 Å². The molecule has 1 N–H and O–H groups in total. The predicted molar refractivity (Wildman–Crippen MR) is 67.2 cm³/mol. The molecule has 82 valence electrons. The van der Waals surface area contributed by atoms with Crippen molar-refractivity contribution >= 4 is 11.8 Å². The van der Waals surface area contributed by atoms with Crippen LogP contribution in [0.3, 0.4) is 0 Å². The van der Waals surface area contributed by atoms with Crippen LogP contribution in [-0.2, 0) is 0 Å². The summed E-state index contributed by atoms with van der Waals surface area (Å²) in [4.78, 5) is 1.21. The van der Waals surface area contributed by atoms with E-state index in [9.17, 15) is 5.11 Å². The first-order valence-corrected chi connectivity index (χ1v) is 6.17. The van der Waals surface area contributed by atoms with Gasteiger partial charge in [-0.1, -0.05) is 23.8 Å². The quantitative estimate of drug-likeness (QED) is 0.587. The largest absolute Gasteiger partial charge is 0.392 e. The molecule has 0 aliphatic rings. The molecule has 1 nitrogen and oxygen atoms in total. The molecule has 0 saturated heterocycles. The monoisotopic (exact) mass is 222 g/mol. The summed E-state index contributed by atoms with van der Waals surface area (Å²) in [6.45, 7) is 5.82. The fraction of sp³-hybridized carbons (Fsp3) is 0.385. The van der Waals surface area contributed by atoms with Crippen molar-refractivity contribution in [3.8, 4) is 0 Å². The van der Waals surface area contributed by atoms with E-state index < -0.39 is 0 Å². The molecule has 0 aliphatic carbocycles. The van der Waals surface area contributed by atoms with Gasteiger partial charge < -0.3 is 5.11 Å². The summed E-state index contributed by atoms with van der Waals surface area (Å²) in [5.41, 5.74) is 1.14. The minimum absolute atomic E-state index is 0.230. The molecule has 2 heteroatoms. The first-order chi connectivity index (χ1) is 7.18. The van der Waals surface area contributed by atoms with Crippen LogP contribution in [0.25, 0.3) is 0 Å². The molecule has 0 aliphatic heterocycles. The Hall–Kier alpha value is -0.730. The first-order valence-electron chi connectivity index (χ1n) is 5.19. The molecule has 0 bridgehead atoms. The summed E-state index contributed by atoms with van der Waals surface area (Å²) < 4.78 is 0. The Kier molecular flexibility index (Phi) is 5.51. The van der Waals surface area contributed by atoms with Gasteiger partial charge in [-0.25, -0.2) is 0 Å². The molecule has 0 amide bonds. The summed E-state index contributed by atoms with van der Waals surface area (Å²) in [7, 11) is 0. The molecule has 0 heterocycles. The topological polar surface area (TPSA) is 20.2 Å². The number of benzene rings is 1. The maximum absolute atomic E-state index is 9.70. The molecule has 0 fully saturated rings. The summed E-state index contributed by atoms with van der Waals surface area (Å²) in [5.74, 6) is 0.761. The van der Waals surface area contributed by atoms with Crippen molar-refractivity contribution in [3.05, 3.63) is 42.5 Å². The second-order valence-corrected chi connectivity index (χ2v) is 4.87. The Labute approximate surface area is 96.2 Å². The van der Waals surface area contributed by atoms with Crippen LogP contribution < -0.4 is 0 Å². The average molecular weight is 222 g/mol. The third kappa shape index (κ3) is 5.65. The van der Waals surface area contributed by atoms with Crippen LogP contribution in [0.1, 0.15) is 19.8 Å². The van der Waals surface area contributed by atoms with E-state index in [1.807, 2.05) is 25.1 Å². The fourth-order valence-electron chi connectivity index (χ4n) is 1.21. The lowest BCUT2D eigenvalue weighted by Gasteiger charge is -2.09. The van der Waals surface area contributed by atoms with E-state index in [-0.39, 0.29) is 6.10 Å². The molecule has 0 radical (unpaired) electrons. The van der Waals surface area contributed by atoms with Crippen molar-refractivity contribution in [3.63, 3.8) is 0 Å². The lowest BCUT2D eigenvalue weighted by atomic mass is 10.1. The third-order valence-corrected chi connectivity index (χ3v) is 3.25. The highest BCUT2D eigenvalue weighted by Crippen LogP contribution is 2.19.